The van der Waals surface area contributed by atoms with Gasteiger partial charge in [0.05, 0.1) is 30.6 Å². The lowest BCUT2D eigenvalue weighted by molar-refractivity contribution is 0.215. The number of hydrogen-bond donors (Lipinski definition) is 1. The van der Waals surface area contributed by atoms with E-state index in [1.807, 2.05) is 48.9 Å². The van der Waals surface area contributed by atoms with Crippen molar-refractivity contribution >= 4 is 50.0 Å². The maximum Gasteiger partial charge on any atom is 0.184 e. The van der Waals surface area contributed by atoms with E-state index in [-0.39, 0.29) is 6.61 Å². The molecule has 0 aliphatic rings. The molecule has 0 aliphatic carbocycles. The molecule has 1 N–H and O–H groups in total. The highest BCUT2D eigenvalue weighted by Crippen LogP contribution is 2.28. The largest absolute Gasteiger partial charge is 0.395 e. The first-order valence-electron chi connectivity index (χ1n) is 8.92. The van der Waals surface area contributed by atoms with E-state index in [2.05, 4.69) is 26.2 Å². The molecule has 2 aromatic heterocycles. The molecule has 0 bridgehead atoms. The fourth-order valence-corrected chi connectivity index (χ4v) is 3.97. The minimum absolute atomic E-state index is 0.0245. The maximum atomic E-state index is 9.62. The number of hydrogen-bond acceptors (Lipinski definition) is 4. The molecule has 0 amide bonds. The normalized spacial score (nSPS) is 12.1. The molecule has 0 aliphatic heterocycles. The first-order valence-corrected chi connectivity index (χ1v) is 10.5. The molecular weight excluding hydrogens is 477 g/mol. The van der Waals surface area contributed by atoms with Crippen LogP contribution in [0.15, 0.2) is 47.1 Å². The van der Waals surface area contributed by atoms with Crippen LogP contribution in [0.4, 0.5) is 0 Å². The average molecular weight is 495 g/mol. The van der Waals surface area contributed by atoms with Crippen molar-refractivity contribution in [1.29, 1.82) is 0 Å². The zero-order valence-corrected chi connectivity index (χ0v) is 18.9. The topological polar surface area (TPSA) is 68.8 Å². The smallest absolute Gasteiger partial charge is 0.184 e. The van der Waals surface area contributed by atoms with Gasteiger partial charge in [0.1, 0.15) is 0 Å². The fraction of sp³-hybridized carbons (Fsp3) is 0.250. The van der Waals surface area contributed by atoms with Crippen molar-refractivity contribution in [3.8, 4) is 5.82 Å². The predicted molar refractivity (Wildman–Crippen MR) is 118 cm³/mol. The number of benzene rings is 2. The molecule has 0 saturated heterocycles. The van der Waals surface area contributed by atoms with Gasteiger partial charge in [0.15, 0.2) is 5.82 Å². The zero-order chi connectivity index (χ0) is 20.8. The van der Waals surface area contributed by atoms with Gasteiger partial charge in [-0.05, 0) is 42.0 Å². The highest BCUT2D eigenvalue weighted by atomic mass is 79.9. The summed E-state index contributed by atoms with van der Waals surface area (Å²) >= 11 is 15.8. The van der Waals surface area contributed by atoms with Crippen LogP contribution in [0.1, 0.15) is 25.1 Å². The maximum absolute atomic E-state index is 9.62. The summed E-state index contributed by atoms with van der Waals surface area (Å²) in [5.74, 6) is 0.660. The second-order valence-corrected chi connectivity index (χ2v) is 9.30. The summed E-state index contributed by atoms with van der Waals surface area (Å²) in [7, 11) is 0. The van der Waals surface area contributed by atoms with Gasteiger partial charge in [-0.2, -0.15) is 9.78 Å². The van der Waals surface area contributed by atoms with Gasteiger partial charge in [0, 0.05) is 25.3 Å². The molecule has 6 nitrogen and oxygen atoms in total. The summed E-state index contributed by atoms with van der Waals surface area (Å²) in [5, 5.41) is 25.0. The van der Waals surface area contributed by atoms with Crippen LogP contribution in [0.2, 0.25) is 10.0 Å². The van der Waals surface area contributed by atoms with E-state index in [1.54, 1.807) is 16.9 Å². The molecule has 0 saturated carbocycles. The lowest BCUT2D eigenvalue weighted by atomic mass is 9.91. The van der Waals surface area contributed by atoms with Crippen LogP contribution in [0.25, 0.3) is 16.7 Å². The Bertz CT molecular complexity index is 1180. The lowest BCUT2D eigenvalue weighted by Crippen LogP contribution is -2.22. The van der Waals surface area contributed by atoms with Crippen LogP contribution in [0.5, 0.6) is 0 Å². The van der Waals surface area contributed by atoms with Crippen LogP contribution in [-0.4, -0.2) is 36.5 Å². The Morgan fingerprint density at radius 2 is 1.83 bits per heavy atom. The van der Waals surface area contributed by atoms with E-state index in [1.165, 1.54) is 0 Å². The fourth-order valence-electron chi connectivity index (χ4n) is 3.05. The Balaban J connectivity index is 1.82. The Kier molecular flexibility index (Phi) is 5.42. The third-order valence-electron chi connectivity index (χ3n) is 4.75. The van der Waals surface area contributed by atoms with Crippen molar-refractivity contribution in [2.75, 3.05) is 6.61 Å². The van der Waals surface area contributed by atoms with Crippen LogP contribution >= 0.6 is 39.1 Å². The number of fused-ring (bicyclic) bond motifs is 1. The van der Waals surface area contributed by atoms with Gasteiger partial charge < -0.3 is 5.11 Å². The van der Waals surface area contributed by atoms with Crippen LogP contribution in [0, 0.1) is 0 Å². The lowest BCUT2D eigenvalue weighted by Gasteiger charge is -2.17. The number of rotatable bonds is 5. The number of nitrogens with zero attached hydrogens (tertiary/aromatic N) is 5. The Morgan fingerprint density at radius 1 is 1.10 bits per heavy atom. The zero-order valence-electron chi connectivity index (χ0n) is 15.8. The van der Waals surface area contributed by atoms with Crippen molar-refractivity contribution in [2.24, 2.45) is 0 Å². The van der Waals surface area contributed by atoms with E-state index in [0.717, 1.165) is 20.9 Å². The summed E-state index contributed by atoms with van der Waals surface area (Å²) in [6, 6.07) is 11.4. The van der Waals surface area contributed by atoms with Gasteiger partial charge in [-0.25, -0.2) is 0 Å². The van der Waals surface area contributed by atoms with Gasteiger partial charge in [0.2, 0.25) is 0 Å². The highest BCUT2D eigenvalue weighted by molar-refractivity contribution is 9.10. The minimum Gasteiger partial charge on any atom is -0.395 e. The summed E-state index contributed by atoms with van der Waals surface area (Å²) in [4.78, 5) is 0. The van der Waals surface area contributed by atoms with E-state index >= 15 is 0 Å². The predicted octanol–water partition coefficient (Wildman–Crippen LogP) is 5.00. The molecule has 0 atom stereocenters. The molecule has 0 fully saturated rings. The first kappa shape index (κ1) is 20.3. The van der Waals surface area contributed by atoms with Crippen molar-refractivity contribution in [3.05, 3.63) is 68.4 Å². The number of aromatic nitrogens is 5. The Hall–Kier alpha value is -1.93. The molecule has 0 spiro atoms. The number of aliphatic hydroxyl groups excluding tert-OH is 1. The van der Waals surface area contributed by atoms with Gasteiger partial charge in [-0.15, -0.1) is 5.10 Å². The van der Waals surface area contributed by atoms with Crippen molar-refractivity contribution in [3.63, 3.8) is 0 Å². The Labute approximate surface area is 186 Å². The summed E-state index contributed by atoms with van der Waals surface area (Å²) in [5.41, 5.74) is 2.08. The molecule has 2 aromatic carbocycles. The third-order valence-corrected chi connectivity index (χ3v) is 5.68. The first-order chi connectivity index (χ1) is 13.8. The monoisotopic (exact) mass is 493 g/mol. The van der Waals surface area contributed by atoms with Gasteiger partial charge in [0.25, 0.3) is 0 Å². The third kappa shape index (κ3) is 4.05. The van der Waals surface area contributed by atoms with Crippen LogP contribution in [0.3, 0.4) is 0 Å². The summed E-state index contributed by atoms with van der Waals surface area (Å²) in [6.07, 6.45) is 1.81. The second-order valence-electron chi connectivity index (χ2n) is 7.51. The molecule has 4 rings (SSSR count). The SMILES string of the molecule is CC(C)(CO)c1cn(-c2nn(Cc3cc(Cl)cc(Cl)c3)c3cc(Br)ccc23)nn1. The molecule has 0 unspecified atom stereocenters. The van der Waals surface area contributed by atoms with Crippen molar-refractivity contribution in [2.45, 2.75) is 25.8 Å². The van der Waals surface area contributed by atoms with E-state index in [9.17, 15) is 5.11 Å². The molecule has 4 aromatic rings. The van der Waals surface area contributed by atoms with E-state index in [0.29, 0.717) is 28.1 Å². The molecule has 0 radical (unpaired) electrons. The highest BCUT2D eigenvalue weighted by Gasteiger charge is 2.24. The van der Waals surface area contributed by atoms with E-state index in [4.69, 9.17) is 28.3 Å². The van der Waals surface area contributed by atoms with Crippen molar-refractivity contribution in [1.82, 2.24) is 24.8 Å². The van der Waals surface area contributed by atoms with E-state index < -0.39 is 5.41 Å². The standard InChI is InChI=1S/C20H18BrCl2N5O/c1-20(2,11-29)18-10-28(26-24-18)19-16-4-3-13(21)7-17(16)27(25-19)9-12-5-14(22)8-15(23)6-12/h3-8,10,29H,9,11H2,1-2H3. The van der Waals surface area contributed by atoms with Crippen LogP contribution < -0.4 is 0 Å². The number of aliphatic hydroxyl groups is 1. The van der Waals surface area contributed by atoms with Gasteiger partial charge in [-0.1, -0.05) is 58.2 Å². The molecule has 29 heavy (non-hydrogen) atoms. The average Bonchev–Trinajstić information content (AvgIpc) is 3.27. The van der Waals surface area contributed by atoms with Crippen molar-refractivity contribution < 1.29 is 5.11 Å². The number of halogens is 3. The summed E-state index contributed by atoms with van der Waals surface area (Å²) in [6.45, 7) is 4.30. The second kappa shape index (κ2) is 7.72. The van der Waals surface area contributed by atoms with Gasteiger partial charge >= 0.3 is 0 Å². The molecule has 9 heteroatoms. The molecular formula is C20H18BrCl2N5O. The van der Waals surface area contributed by atoms with Gasteiger partial charge in [-0.3, -0.25) is 4.68 Å². The molecule has 2 heterocycles. The molecule has 150 valence electrons. The Morgan fingerprint density at radius 3 is 2.52 bits per heavy atom. The minimum atomic E-state index is -0.489. The quantitative estimate of drug-likeness (QED) is 0.423. The summed E-state index contributed by atoms with van der Waals surface area (Å²) < 4.78 is 4.47. The van der Waals surface area contributed by atoms with Crippen LogP contribution in [-0.2, 0) is 12.0 Å².